The average molecular weight is 253 g/mol. The molecule has 18 heavy (non-hydrogen) atoms. The molecule has 0 saturated heterocycles. The molecule has 0 radical (unpaired) electrons. The Morgan fingerprint density at radius 2 is 2.17 bits per heavy atom. The van der Waals surface area contributed by atoms with Crippen LogP contribution in [-0.4, -0.2) is 31.2 Å². The Kier molecular flexibility index (Phi) is 4.91. The average Bonchev–Trinajstić information content (AvgIpc) is 2.27. The maximum atomic E-state index is 10.6. The molecule has 0 spiro atoms. The fourth-order valence-electron chi connectivity index (χ4n) is 1.50. The van der Waals surface area contributed by atoms with Crippen LogP contribution in [0, 0.1) is 10.1 Å². The number of nitrogens with zero attached hydrogens (tertiary/aromatic N) is 2. The predicted octanol–water partition coefficient (Wildman–Crippen LogP) is 2.04. The molecule has 0 aliphatic heterocycles. The summed E-state index contributed by atoms with van der Waals surface area (Å²) in [6.07, 6.45) is 0.195. The van der Waals surface area contributed by atoms with Gasteiger partial charge in [-0.05, 0) is 26.0 Å². The Morgan fingerprint density at radius 3 is 2.67 bits per heavy atom. The van der Waals surface area contributed by atoms with Gasteiger partial charge < -0.3 is 15.4 Å². The van der Waals surface area contributed by atoms with Crippen molar-refractivity contribution in [2.45, 2.75) is 20.0 Å². The first-order valence-electron chi connectivity index (χ1n) is 5.78. The van der Waals surface area contributed by atoms with Crippen LogP contribution in [-0.2, 0) is 4.74 Å². The lowest BCUT2D eigenvalue weighted by molar-refractivity contribution is -0.383. The highest BCUT2D eigenvalue weighted by molar-refractivity contribution is 5.66. The van der Waals surface area contributed by atoms with Crippen LogP contribution < -0.4 is 10.6 Å². The zero-order chi connectivity index (χ0) is 13.7. The molecule has 1 aromatic rings. The SMILES string of the molecule is CC(C)OCCN(C)c1ccc([N+](=O)[O-])c(N)c1. The van der Waals surface area contributed by atoms with E-state index < -0.39 is 4.92 Å². The minimum Gasteiger partial charge on any atom is -0.393 e. The van der Waals surface area contributed by atoms with Gasteiger partial charge in [-0.2, -0.15) is 0 Å². The van der Waals surface area contributed by atoms with Crippen LogP contribution in [0.3, 0.4) is 0 Å². The molecule has 0 aromatic heterocycles. The summed E-state index contributed by atoms with van der Waals surface area (Å²) in [4.78, 5) is 12.1. The second kappa shape index (κ2) is 6.20. The van der Waals surface area contributed by atoms with Gasteiger partial charge in [0.15, 0.2) is 0 Å². The third kappa shape index (κ3) is 3.89. The summed E-state index contributed by atoms with van der Waals surface area (Å²) in [5, 5.41) is 10.6. The number of likely N-dealkylation sites (N-methyl/N-ethyl adjacent to an activating group) is 1. The van der Waals surface area contributed by atoms with E-state index in [1.54, 1.807) is 12.1 Å². The van der Waals surface area contributed by atoms with Gasteiger partial charge in [-0.1, -0.05) is 0 Å². The van der Waals surface area contributed by atoms with Crippen LogP contribution in [0.15, 0.2) is 18.2 Å². The highest BCUT2D eigenvalue weighted by Crippen LogP contribution is 2.26. The van der Waals surface area contributed by atoms with E-state index in [1.165, 1.54) is 6.07 Å². The molecule has 6 nitrogen and oxygen atoms in total. The molecule has 1 aromatic carbocycles. The molecule has 0 saturated carbocycles. The second-order valence-corrected chi connectivity index (χ2v) is 4.34. The van der Waals surface area contributed by atoms with Gasteiger partial charge >= 0.3 is 0 Å². The molecular formula is C12H19N3O3. The predicted molar refractivity (Wildman–Crippen MR) is 71.9 cm³/mol. The number of anilines is 2. The molecule has 0 amide bonds. The van der Waals surface area contributed by atoms with E-state index in [4.69, 9.17) is 10.5 Å². The highest BCUT2D eigenvalue weighted by Gasteiger charge is 2.12. The zero-order valence-corrected chi connectivity index (χ0v) is 10.9. The molecular weight excluding hydrogens is 234 g/mol. The molecule has 6 heteroatoms. The summed E-state index contributed by atoms with van der Waals surface area (Å²) in [6, 6.07) is 4.71. The quantitative estimate of drug-likeness (QED) is 0.476. The number of nitro groups is 1. The number of hydrogen-bond donors (Lipinski definition) is 1. The van der Waals surface area contributed by atoms with Crippen molar-refractivity contribution in [3.8, 4) is 0 Å². The van der Waals surface area contributed by atoms with Crippen molar-refractivity contribution in [1.29, 1.82) is 0 Å². The Morgan fingerprint density at radius 1 is 1.50 bits per heavy atom. The number of rotatable bonds is 6. The van der Waals surface area contributed by atoms with Crippen molar-refractivity contribution < 1.29 is 9.66 Å². The smallest absolute Gasteiger partial charge is 0.292 e. The molecule has 0 aliphatic carbocycles. The van der Waals surface area contributed by atoms with E-state index in [9.17, 15) is 10.1 Å². The van der Waals surface area contributed by atoms with E-state index in [-0.39, 0.29) is 17.5 Å². The first-order valence-corrected chi connectivity index (χ1v) is 5.78. The number of benzene rings is 1. The Labute approximate surface area is 106 Å². The van der Waals surface area contributed by atoms with Crippen LogP contribution in [0.25, 0.3) is 0 Å². The lowest BCUT2D eigenvalue weighted by atomic mass is 10.2. The lowest BCUT2D eigenvalue weighted by Crippen LogP contribution is -2.24. The lowest BCUT2D eigenvalue weighted by Gasteiger charge is -2.20. The number of hydrogen-bond acceptors (Lipinski definition) is 5. The Hall–Kier alpha value is -1.82. The minimum atomic E-state index is -0.485. The molecule has 0 bridgehead atoms. The van der Waals surface area contributed by atoms with Gasteiger partial charge in [0.25, 0.3) is 5.69 Å². The molecule has 1 rings (SSSR count). The molecule has 100 valence electrons. The van der Waals surface area contributed by atoms with E-state index in [0.717, 1.165) is 5.69 Å². The number of nitro benzene ring substituents is 1. The topological polar surface area (TPSA) is 81.6 Å². The summed E-state index contributed by atoms with van der Waals surface area (Å²) in [5.74, 6) is 0. The van der Waals surface area contributed by atoms with E-state index in [2.05, 4.69) is 0 Å². The van der Waals surface area contributed by atoms with Crippen molar-refractivity contribution in [3.63, 3.8) is 0 Å². The van der Waals surface area contributed by atoms with Crippen molar-refractivity contribution in [2.24, 2.45) is 0 Å². The fourth-order valence-corrected chi connectivity index (χ4v) is 1.50. The number of ether oxygens (including phenoxy) is 1. The fraction of sp³-hybridized carbons (Fsp3) is 0.500. The monoisotopic (exact) mass is 253 g/mol. The van der Waals surface area contributed by atoms with Gasteiger partial charge in [0.2, 0.25) is 0 Å². The summed E-state index contributed by atoms with van der Waals surface area (Å²) in [7, 11) is 1.89. The third-order valence-corrected chi connectivity index (χ3v) is 2.53. The van der Waals surface area contributed by atoms with Gasteiger partial charge in [0.1, 0.15) is 5.69 Å². The molecule has 0 unspecified atom stereocenters. The summed E-state index contributed by atoms with van der Waals surface area (Å²) in [5.41, 5.74) is 6.59. The molecule has 0 heterocycles. The Balaban J connectivity index is 2.66. The largest absolute Gasteiger partial charge is 0.393 e. The van der Waals surface area contributed by atoms with Crippen molar-refractivity contribution in [2.75, 3.05) is 30.8 Å². The van der Waals surface area contributed by atoms with Crippen molar-refractivity contribution in [3.05, 3.63) is 28.3 Å². The van der Waals surface area contributed by atoms with E-state index >= 15 is 0 Å². The van der Waals surface area contributed by atoms with Crippen molar-refractivity contribution in [1.82, 2.24) is 0 Å². The van der Waals surface area contributed by atoms with Gasteiger partial charge in [-0.25, -0.2) is 0 Å². The summed E-state index contributed by atoms with van der Waals surface area (Å²) < 4.78 is 5.45. The first kappa shape index (κ1) is 14.2. The maximum absolute atomic E-state index is 10.6. The number of nitrogen functional groups attached to an aromatic ring is 1. The molecule has 0 fully saturated rings. The minimum absolute atomic E-state index is 0.0643. The molecule has 0 atom stereocenters. The van der Waals surface area contributed by atoms with Crippen LogP contribution in [0.1, 0.15) is 13.8 Å². The van der Waals surface area contributed by atoms with Gasteiger partial charge in [-0.3, -0.25) is 10.1 Å². The van der Waals surface area contributed by atoms with Gasteiger partial charge in [-0.15, -0.1) is 0 Å². The van der Waals surface area contributed by atoms with Crippen LogP contribution in [0.5, 0.6) is 0 Å². The van der Waals surface area contributed by atoms with E-state index in [1.807, 2.05) is 25.8 Å². The van der Waals surface area contributed by atoms with Crippen LogP contribution in [0.2, 0.25) is 0 Å². The zero-order valence-electron chi connectivity index (χ0n) is 10.9. The third-order valence-electron chi connectivity index (χ3n) is 2.53. The summed E-state index contributed by atoms with van der Waals surface area (Å²) >= 11 is 0. The molecule has 0 aliphatic rings. The normalized spacial score (nSPS) is 10.7. The van der Waals surface area contributed by atoms with Gasteiger partial charge in [0.05, 0.1) is 17.6 Å². The summed E-state index contributed by atoms with van der Waals surface area (Å²) in [6.45, 7) is 5.26. The van der Waals surface area contributed by atoms with Crippen molar-refractivity contribution >= 4 is 17.1 Å². The van der Waals surface area contributed by atoms with Gasteiger partial charge in [0, 0.05) is 25.3 Å². The first-order chi connectivity index (χ1) is 8.41. The second-order valence-electron chi connectivity index (χ2n) is 4.34. The van der Waals surface area contributed by atoms with Crippen LogP contribution in [0.4, 0.5) is 17.1 Å². The van der Waals surface area contributed by atoms with E-state index in [0.29, 0.717) is 13.2 Å². The standard InChI is InChI=1S/C12H19N3O3/c1-9(2)18-7-6-14(3)10-4-5-12(15(16)17)11(13)8-10/h4-5,8-9H,6-7,13H2,1-3H3. The molecule has 2 N–H and O–H groups in total. The highest BCUT2D eigenvalue weighted by atomic mass is 16.6. The van der Waals surface area contributed by atoms with Crippen LogP contribution >= 0.6 is 0 Å². The maximum Gasteiger partial charge on any atom is 0.292 e. The number of nitrogens with two attached hydrogens (primary N) is 1. The Bertz CT molecular complexity index is 421.